The van der Waals surface area contributed by atoms with E-state index in [1.165, 1.54) is 12.5 Å². The molecule has 2 aliphatic heterocycles. The van der Waals surface area contributed by atoms with E-state index in [0.717, 1.165) is 40.6 Å². The molecule has 7 heteroatoms. The number of aromatic amines is 1. The summed E-state index contributed by atoms with van der Waals surface area (Å²) in [6.45, 7) is 6.87. The number of amides is 2. The van der Waals surface area contributed by atoms with E-state index in [1.54, 1.807) is 11.1 Å². The Balaban J connectivity index is 1.46. The van der Waals surface area contributed by atoms with Crippen molar-refractivity contribution in [2.75, 3.05) is 24.5 Å². The number of aryl methyl sites for hydroxylation is 1. The third-order valence-electron chi connectivity index (χ3n) is 7.47. The number of benzene rings is 2. The molecule has 2 aliphatic rings. The number of carbonyl (C=O) groups is 3. The van der Waals surface area contributed by atoms with E-state index in [-0.39, 0.29) is 24.1 Å². The van der Waals surface area contributed by atoms with Gasteiger partial charge in [-0.3, -0.25) is 19.5 Å². The molecule has 0 unspecified atom stereocenters. The Morgan fingerprint density at radius 3 is 2.62 bits per heavy atom. The second-order valence-electron chi connectivity index (χ2n) is 9.63. The minimum atomic E-state index is -0.677. The number of likely N-dealkylation sites (tertiary alicyclic amines) is 1. The van der Waals surface area contributed by atoms with Crippen molar-refractivity contribution >= 4 is 34.2 Å². The monoisotopic (exact) mass is 458 g/mol. The van der Waals surface area contributed by atoms with E-state index in [4.69, 9.17) is 0 Å². The fourth-order valence-corrected chi connectivity index (χ4v) is 5.78. The number of piperidine rings is 1. The first kappa shape index (κ1) is 22.3. The third kappa shape index (κ3) is 3.42. The summed E-state index contributed by atoms with van der Waals surface area (Å²) in [5.74, 6) is -0.0593. The second-order valence-corrected chi connectivity index (χ2v) is 9.63. The zero-order chi connectivity index (χ0) is 24.0. The van der Waals surface area contributed by atoms with Gasteiger partial charge in [0.2, 0.25) is 5.91 Å². The van der Waals surface area contributed by atoms with E-state index in [0.29, 0.717) is 31.5 Å². The van der Waals surface area contributed by atoms with Crippen molar-refractivity contribution < 1.29 is 14.4 Å². The molecule has 3 heterocycles. The Kier molecular flexibility index (Phi) is 5.50. The quantitative estimate of drug-likeness (QED) is 0.628. The number of ketones is 1. The van der Waals surface area contributed by atoms with E-state index in [9.17, 15) is 14.4 Å². The van der Waals surface area contributed by atoms with Crippen LogP contribution in [0.4, 0.5) is 5.69 Å². The van der Waals surface area contributed by atoms with Crippen molar-refractivity contribution in [2.45, 2.75) is 51.9 Å². The van der Waals surface area contributed by atoms with Gasteiger partial charge in [0.15, 0.2) is 0 Å². The Hall–Kier alpha value is -3.48. The normalized spacial score (nSPS) is 17.0. The van der Waals surface area contributed by atoms with E-state index < -0.39 is 5.41 Å². The average Bonchev–Trinajstić information content (AvgIpc) is 3.38. The van der Waals surface area contributed by atoms with Crippen LogP contribution in [0, 0.1) is 6.92 Å². The van der Waals surface area contributed by atoms with Crippen molar-refractivity contribution in [1.82, 2.24) is 15.1 Å². The summed E-state index contributed by atoms with van der Waals surface area (Å²) in [5, 5.41) is 7.84. The lowest BCUT2D eigenvalue weighted by Crippen LogP contribution is -2.50. The van der Waals surface area contributed by atoms with Crippen molar-refractivity contribution in [1.29, 1.82) is 0 Å². The van der Waals surface area contributed by atoms with Crippen LogP contribution in [-0.4, -0.2) is 52.3 Å². The molecule has 0 bridgehead atoms. The van der Waals surface area contributed by atoms with Gasteiger partial charge in [0.25, 0.3) is 5.91 Å². The number of rotatable bonds is 5. The molecule has 3 aromatic rings. The predicted molar refractivity (Wildman–Crippen MR) is 131 cm³/mol. The van der Waals surface area contributed by atoms with Gasteiger partial charge < -0.3 is 9.80 Å². The van der Waals surface area contributed by atoms with Gasteiger partial charge in [-0.2, -0.15) is 5.10 Å². The Morgan fingerprint density at radius 2 is 1.91 bits per heavy atom. The maximum atomic E-state index is 13.8. The lowest BCUT2D eigenvalue weighted by molar-refractivity contribution is -0.126. The highest BCUT2D eigenvalue weighted by molar-refractivity contribution is 6.11. The zero-order valence-electron chi connectivity index (χ0n) is 20.0. The van der Waals surface area contributed by atoms with Crippen molar-refractivity contribution in [3.8, 4) is 0 Å². The summed E-state index contributed by atoms with van der Waals surface area (Å²) in [6, 6.07) is 9.66. The zero-order valence-corrected chi connectivity index (χ0v) is 20.0. The highest BCUT2D eigenvalue weighted by atomic mass is 16.2. The standard InChI is InChI=1S/C27H30N4O3/c1-4-5-19-7-9-23-24(18(19)3)27(26(34)31(23)16-17(2)32)10-12-30(13-11-27)25(33)20-6-8-22-21(14-20)15-28-29-22/h6-9,14-15H,4-5,10-13,16H2,1-3H3,(H,28,29). The van der Waals surface area contributed by atoms with Crippen LogP contribution in [0.2, 0.25) is 0 Å². The average molecular weight is 459 g/mol. The van der Waals surface area contributed by atoms with E-state index >= 15 is 0 Å². The fourth-order valence-electron chi connectivity index (χ4n) is 5.78. The summed E-state index contributed by atoms with van der Waals surface area (Å²) >= 11 is 0. The van der Waals surface area contributed by atoms with Crippen LogP contribution >= 0.6 is 0 Å². The summed E-state index contributed by atoms with van der Waals surface area (Å²) in [5.41, 5.74) is 5.19. The number of aromatic nitrogens is 2. The molecule has 1 N–H and O–H groups in total. The lowest BCUT2D eigenvalue weighted by atomic mass is 9.71. The van der Waals surface area contributed by atoms with Gasteiger partial charge in [0, 0.05) is 29.7 Å². The molecule has 2 aromatic carbocycles. The van der Waals surface area contributed by atoms with Crippen molar-refractivity contribution in [2.24, 2.45) is 0 Å². The molecule has 0 saturated carbocycles. The molecule has 1 saturated heterocycles. The molecule has 7 nitrogen and oxygen atoms in total. The number of fused-ring (bicyclic) bond motifs is 3. The van der Waals surface area contributed by atoms with E-state index in [2.05, 4.69) is 30.1 Å². The second kappa shape index (κ2) is 8.38. The summed E-state index contributed by atoms with van der Waals surface area (Å²) < 4.78 is 0. The molecule has 34 heavy (non-hydrogen) atoms. The molecule has 0 radical (unpaired) electrons. The topological polar surface area (TPSA) is 86.4 Å². The van der Waals surface area contributed by atoms with Crippen molar-refractivity contribution in [3.05, 3.63) is 58.8 Å². The molecule has 0 aliphatic carbocycles. The molecule has 1 aromatic heterocycles. The number of H-pyrrole nitrogens is 1. The Bertz CT molecular complexity index is 1300. The number of carbonyl (C=O) groups excluding carboxylic acids is 3. The molecule has 2 amide bonds. The first-order valence-electron chi connectivity index (χ1n) is 12.0. The van der Waals surface area contributed by atoms with E-state index in [1.807, 2.05) is 29.2 Å². The van der Waals surface area contributed by atoms with Crippen LogP contribution in [-0.2, 0) is 21.4 Å². The highest BCUT2D eigenvalue weighted by Crippen LogP contribution is 2.50. The maximum Gasteiger partial charge on any atom is 0.253 e. The summed E-state index contributed by atoms with van der Waals surface area (Å²) in [6.07, 6.45) is 4.82. The van der Waals surface area contributed by atoms with Gasteiger partial charge in [-0.15, -0.1) is 0 Å². The van der Waals surface area contributed by atoms with Gasteiger partial charge in [-0.25, -0.2) is 0 Å². The number of nitrogens with zero attached hydrogens (tertiary/aromatic N) is 3. The maximum absolute atomic E-state index is 13.8. The molecule has 176 valence electrons. The van der Waals surface area contributed by atoms with Crippen LogP contribution in [0.15, 0.2) is 36.5 Å². The molecular formula is C27H30N4O3. The first-order chi connectivity index (χ1) is 16.4. The number of hydrogen-bond donors (Lipinski definition) is 1. The van der Waals surface area contributed by atoms with Crippen LogP contribution < -0.4 is 4.90 Å². The molecule has 5 rings (SSSR count). The SMILES string of the molecule is CCCc1ccc2c(c1C)C1(CCN(C(=O)c3ccc4[nH]ncc4c3)CC1)C(=O)N2CC(C)=O. The van der Waals surface area contributed by atoms with Gasteiger partial charge in [0.1, 0.15) is 5.78 Å². The largest absolute Gasteiger partial charge is 0.339 e. The smallest absolute Gasteiger partial charge is 0.253 e. The van der Waals surface area contributed by atoms with Gasteiger partial charge in [-0.05, 0) is 74.1 Å². The predicted octanol–water partition coefficient (Wildman–Crippen LogP) is 3.93. The number of Topliss-reactive ketones (excluding diaryl/α,β-unsaturated/α-hetero) is 1. The molecule has 1 spiro atoms. The Morgan fingerprint density at radius 1 is 1.15 bits per heavy atom. The third-order valence-corrected chi connectivity index (χ3v) is 7.47. The Labute approximate surface area is 199 Å². The van der Waals surface area contributed by atoms with Crippen LogP contribution in [0.25, 0.3) is 10.9 Å². The van der Waals surface area contributed by atoms with Gasteiger partial charge in [0.05, 0.1) is 23.7 Å². The highest BCUT2D eigenvalue weighted by Gasteiger charge is 2.53. The number of hydrogen-bond acceptors (Lipinski definition) is 4. The summed E-state index contributed by atoms with van der Waals surface area (Å²) in [4.78, 5) is 42.6. The molecular weight excluding hydrogens is 428 g/mol. The van der Waals surface area contributed by atoms with Gasteiger partial charge in [-0.1, -0.05) is 19.4 Å². The number of nitrogens with one attached hydrogen (secondary N) is 1. The van der Waals surface area contributed by atoms with Crippen molar-refractivity contribution in [3.63, 3.8) is 0 Å². The number of anilines is 1. The fraction of sp³-hybridized carbons (Fsp3) is 0.407. The van der Waals surface area contributed by atoms with Crippen LogP contribution in [0.3, 0.4) is 0 Å². The molecule has 0 atom stereocenters. The first-order valence-corrected chi connectivity index (χ1v) is 12.0. The van der Waals surface area contributed by atoms with Crippen LogP contribution in [0.1, 0.15) is 60.2 Å². The summed E-state index contributed by atoms with van der Waals surface area (Å²) in [7, 11) is 0. The lowest BCUT2D eigenvalue weighted by Gasteiger charge is -2.39. The minimum absolute atomic E-state index is 0.00126. The van der Waals surface area contributed by atoms with Gasteiger partial charge >= 0.3 is 0 Å². The molecule has 1 fully saturated rings. The minimum Gasteiger partial charge on any atom is -0.339 e. The van der Waals surface area contributed by atoms with Crippen LogP contribution in [0.5, 0.6) is 0 Å².